The van der Waals surface area contributed by atoms with Crippen molar-refractivity contribution in [1.29, 1.82) is 0 Å². The number of rotatable bonds is 4. The normalized spacial score (nSPS) is 15.8. The molecule has 0 aliphatic heterocycles. The van der Waals surface area contributed by atoms with Crippen LogP contribution in [0.25, 0.3) is 0 Å². The fourth-order valence-electron chi connectivity index (χ4n) is 1.88. The van der Waals surface area contributed by atoms with Gasteiger partial charge in [0.15, 0.2) is 0 Å². The van der Waals surface area contributed by atoms with Gasteiger partial charge in [0.1, 0.15) is 0 Å². The van der Waals surface area contributed by atoms with E-state index in [4.69, 9.17) is 0 Å². The van der Waals surface area contributed by atoms with Crippen LogP contribution in [0.2, 0.25) is 0 Å². The summed E-state index contributed by atoms with van der Waals surface area (Å²) in [5.74, 6) is 0.0923. The topological polar surface area (TPSA) is 51.0 Å². The minimum absolute atomic E-state index is 0.381. The highest BCUT2D eigenvalue weighted by molar-refractivity contribution is 7.08. The third-order valence-electron chi connectivity index (χ3n) is 3.06. The number of pyridine rings is 1. The van der Waals surface area contributed by atoms with Gasteiger partial charge in [-0.25, -0.2) is 4.98 Å². The predicted octanol–water partition coefficient (Wildman–Crippen LogP) is 2.96. The number of aromatic nitrogens is 3. The van der Waals surface area contributed by atoms with Crippen molar-refractivity contribution in [2.24, 2.45) is 4.99 Å². The van der Waals surface area contributed by atoms with Crippen molar-refractivity contribution in [3.05, 3.63) is 40.4 Å². The lowest BCUT2D eigenvalue weighted by Gasteiger charge is -2.00. The van der Waals surface area contributed by atoms with Crippen LogP contribution in [0.15, 0.2) is 23.2 Å². The van der Waals surface area contributed by atoms with E-state index in [9.17, 15) is 4.39 Å². The van der Waals surface area contributed by atoms with Gasteiger partial charge in [-0.2, -0.15) is 4.39 Å². The summed E-state index contributed by atoms with van der Waals surface area (Å²) in [4.78, 5) is 9.32. The van der Waals surface area contributed by atoms with Gasteiger partial charge in [0.2, 0.25) is 5.95 Å². The molecule has 1 aliphatic rings. The van der Waals surface area contributed by atoms with E-state index >= 15 is 0 Å². The first-order valence-electron chi connectivity index (χ1n) is 6.19. The monoisotopic (exact) mass is 276 g/mol. The molecule has 0 radical (unpaired) electrons. The molecule has 4 nitrogen and oxygen atoms in total. The fraction of sp³-hybridized carbons (Fsp3) is 0.385. The molecule has 19 heavy (non-hydrogen) atoms. The van der Waals surface area contributed by atoms with Crippen molar-refractivity contribution in [3.63, 3.8) is 0 Å². The minimum atomic E-state index is -0.469. The molecule has 0 atom stereocenters. The Kier molecular flexibility index (Phi) is 3.33. The number of aliphatic imine (C=N–C) groups is 1. The van der Waals surface area contributed by atoms with Gasteiger partial charge < -0.3 is 0 Å². The SMILES string of the molecule is CC(=NCc1cccc(F)n1)c1snnc1C1CC1. The van der Waals surface area contributed by atoms with Crippen LogP contribution in [0.5, 0.6) is 0 Å². The zero-order valence-corrected chi connectivity index (χ0v) is 11.3. The van der Waals surface area contributed by atoms with Crippen LogP contribution in [-0.2, 0) is 6.54 Å². The van der Waals surface area contributed by atoms with Crippen molar-refractivity contribution in [2.45, 2.75) is 32.2 Å². The van der Waals surface area contributed by atoms with E-state index < -0.39 is 5.95 Å². The Balaban J connectivity index is 1.77. The Morgan fingerprint density at radius 2 is 2.32 bits per heavy atom. The largest absolute Gasteiger partial charge is 0.282 e. The van der Waals surface area contributed by atoms with Crippen LogP contribution in [0.1, 0.15) is 41.9 Å². The average Bonchev–Trinajstić information content (AvgIpc) is 3.13. The molecule has 2 heterocycles. The van der Waals surface area contributed by atoms with Crippen LogP contribution in [0.3, 0.4) is 0 Å². The van der Waals surface area contributed by atoms with Gasteiger partial charge in [0, 0.05) is 5.92 Å². The second-order valence-electron chi connectivity index (χ2n) is 4.61. The quantitative estimate of drug-likeness (QED) is 0.637. The molecule has 0 saturated heterocycles. The van der Waals surface area contributed by atoms with E-state index in [1.54, 1.807) is 12.1 Å². The maximum absolute atomic E-state index is 13.0. The Morgan fingerprint density at radius 1 is 1.47 bits per heavy atom. The van der Waals surface area contributed by atoms with Gasteiger partial charge in [-0.1, -0.05) is 10.6 Å². The Hall–Kier alpha value is -1.69. The van der Waals surface area contributed by atoms with E-state index in [2.05, 4.69) is 19.6 Å². The lowest BCUT2D eigenvalue weighted by Crippen LogP contribution is -1.99. The summed E-state index contributed by atoms with van der Waals surface area (Å²) in [6, 6.07) is 4.75. The zero-order valence-electron chi connectivity index (χ0n) is 10.5. The van der Waals surface area contributed by atoms with E-state index in [1.807, 2.05) is 6.92 Å². The van der Waals surface area contributed by atoms with Crippen LogP contribution < -0.4 is 0 Å². The van der Waals surface area contributed by atoms with Crippen LogP contribution >= 0.6 is 11.5 Å². The first-order chi connectivity index (χ1) is 9.24. The van der Waals surface area contributed by atoms with Crippen molar-refractivity contribution < 1.29 is 4.39 Å². The molecular weight excluding hydrogens is 263 g/mol. The molecule has 2 aromatic rings. The Morgan fingerprint density at radius 3 is 3.05 bits per heavy atom. The highest BCUT2D eigenvalue weighted by Crippen LogP contribution is 2.41. The van der Waals surface area contributed by atoms with Gasteiger partial charge in [-0.15, -0.1) is 5.10 Å². The summed E-state index contributed by atoms with van der Waals surface area (Å²) in [5, 5.41) is 4.18. The molecule has 0 N–H and O–H groups in total. The summed E-state index contributed by atoms with van der Waals surface area (Å²) < 4.78 is 17.0. The summed E-state index contributed by atoms with van der Waals surface area (Å²) in [7, 11) is 0. The van der Waals surface area contributed by atoms with Crippen molar-refractivity contribution >= 4 is 17.2 Å². The summed E-state index contributed by atoms with van der Waals surface area (Å²) in [6.45, 7) is 2.33. The van der Waals surface area contributed by atoms with Crippen molar-refractivity contribution in [3.8, 4) is 0 Å². The first kappa shape index (κ1) is 12.3. The zero-order chi connectivity index (χ0) is 13.2. The van der Waals surface area contributed by atoms with Gasteiger partial charge in [-0.3, -0.25) is 4.99 Å². The summed E-state index contributed by atoms with van der Waals surface area (Å²) in [5.41, 5.74) is 2.60. The van der Waals surface area contributed by atoms with Crippen molar-refractivity contribution in [2.75, 3.05) is 0 Å². The number of halogens is 1. The Bertz CT molecular complexity index is 619. The maximum Gasteiger partial charge on any atom is 0.213 e. The molecule has 6 heteroatoms. The first-order valence-corrected chi connectivity index (χ1v) is 6.96. The number of hydrogen-bond donors (Lipinski definition) is 0. The molecule has 0 aromatic carbocycles. The molecule has 0 bridgehead atoms. The lowest BCUT2D eigenvalue weighted by atomic mass is 10.2. The third-order valence-corrected chi connectivity index (χ3v) is 3.91. The number of nitrogens with zero attached hydrogens (tertiary/aromatic N) is 4. The molecular formula is C13H13FN4S. The third kappa shape index (κ3) is 2.84. The highest BCUT2D eigenvalue weighted by Gasteiger charge is 2.29. The average molecular weight is 276 g/mol. The van der Waals surface area contributed by atoms with Crippen LogP contribution in [0.4, 0.5) is 4.39 Å². The van der Waals surface area contributed by atoms with Crippen molar-refractivity contribution in [1.82, 2.24) is 14.6 Å². The molecule has 0 amide bonds. The fourth-order valence-corrected chi connectivity index (χ4v) is 2.59. The molecule has 1 saturated carbocycles. The minimum Gasteiger partial charge on any atom is -0.282 e. The molecule has 2 aromatic heterocycles. The molecule has 1 fully saturated rings. The molecule has 0 unspecified atom stereocenters. The van der Waals surface area contributed by atoms with E-state index in [0.29, 0.717) is 18.2 Å². The van der Waals surface area contributed by atoms with Gasteiger partial charge in [0.05, 0.1) is 28.5 Å². The Labute approximate surface area is 114 Å². The molecule has 1 aliphatic carbocycles. The van der Waals surface area contributed by atoms with Crippen LogP contribution in [-0.4, -0.2) is 20.3 Å². The molecule has 3 rings (SSSR count). The van der Waals surface area contributed by atoms with Gasteiger partial charge in [-0.05, 0) is 43.4 Å². The van der Waals surface area contributed by atoms with E-state index in [0.717, 1.165) is 16.3 Å². The van der Waals surface area contributed by atoms with E-state index in [1.165, 1.54) is 30.4 Å². The second kappa shape index (κ2) is 5.13. The molecule has 0 spiro atoms. The lowest BCUT2D eigenvalue weighted by molar-refractivity contribution is 0.577. The molecule has 98 valence electrons. The predicted molar refractivity (Wildman–Crippen MR) is 72.0 cm³/mol. The summed E-state index contributed by atoms with van der Waals surface area (Å²) >= 11 is 1.38. The number of hydrogen-bond acceptors (Lipinski definition) is 5. The smallest absolute Gasteiger partial charge is 0.213 e. The highest BCUT2D eigenvalue weighted by atomic mass is 32.1. The summed E-state index contributed by atoms with van der Waals surface area (Å²) in [6.07, 6.45) is 2.38. The standard InChI is InChI=1S/C13H13FN4S/c1-8(13-12(9-5-6-9)17-18-19-13)15-7-10-3-2-4-11(14)16-10/h2-4,9H,5-7H2,1H3. The van der Waals surface area contributed by atoms with Crippen LogP contribution in [0, 0.1) is 5.95 Å². The van der Waals surface area contributed by atoms with Gasteiger partial charge >= 0.3 is 0 Å². The van der Waals surface area contributed by atoms with Gasteiger partial charge in [0.25, 0.3) is 0 Å². The second-order valence-corrected chi connectivity index (χ2v) is 5.37. The van der Waals surface area contributed by atoms with E-state index in [-0.39, 0.29) is 0 Å². The maximum atomic E-state index is 13.0.